The number of hydrogen-bond acceptors (Lipinski definition) is 3. The third kappa shape index (κ3) is 2.88. The van der Waals surface area contributed by atoms with Crippen molar-refractivity contribution in [2.75, 3.05) is 0 Å². The van der Waals surface area contributed by atoms with Gasteiger partial charge in [0.1, 0.15) is 6.04 Å². The summed E-state index contributed by atoms with van der Waals surface area (Å²) in [6.45, 7) is 1.93. The molecule has 0 aromatic heterocycles. The lowest BCUT2D eigenvalue weighted by molar-refractivity contribution is -0.140. The number of carbonyl (C=O) groups is 1. The molecule has 2 unspecified atom stereocenters. The highest BCUT2D eigenvalue weighted by Gasteiger charge is 2.36. The maximum atomic E-state index is 11.2. The van der Waals surface area contributed by atoms with E-state index >= 15 is 0 Å². The molecule has 1 aromatic carbocycles. The lowest BCUT2D eigenvalue weighted by Crippen LogP contribution is -2.40. The van der Waals surface area contributed by atoms with Crippen LogP contribution >= 0.6 is 0 Å². The zero-order chi connectivity index (χ0) is 13.1. The molecule has 1 fully saturated rings. The van der Waals surface area contributed by atoms with Crippen molar-refractivity contribution in [2.24, 2.45) is 5.92 Å². The minimum absolute atomic E-state index is 0.0694. The predicted molar refractivity (Wildman–Crippen MR) is 66.9 cm³/mol. The first-order valence-corrected chi connectivity index (χ1v) is 6.10. The normalized spacial score (nSPS) is 17.8. The van der Waals surface area contributed by atoms with E-state index in [4.69, 9.17) is 10.4 Å². The molecular weight excluding hydrogens is 228 g/mol. The van der Waals surface area contributed by atoms with Crippen molar-refractivity contribution in [1.82, 2.24) is 5.32 Å². The Morgan fingerprint density at radius 3 is 2.83 bits per heavy atom. The summed E-state index contributed by atoms with van der Waals surface area (Å²) >= 11 is 0. The Balaban J connectivity index is 2.08. The van der Waals surface area contributed by atoms with Gasteiger partial charge in [0, 0.05) is 6.04 Å². The third-order valence-corrected chi connectivity index (χ3v) is 3.30. The molecule has 1 aliphatic carbocycles. The fraction of sp³-hybridized carbons (Fsp3) is 0.429. The Bertz CT molecular complexity index is 489. The minimum atomic E-state index is -0.791. The van der Waals surface area contributed by atoms with Crippen LogP contribution in [0.5, 0.6) is 0 Å². The number of nitriles is 1. The second-order valence-corrected chi connectivity index (χ2v) is 4.78. The van der Waals surface area contributed by atoms with Crippen LogP contribution in [-0.2, 0) is 4.79 Å². The Kier molecular flexibility index (Phi) is 3.63. The van der Waals surface area contributed by atoms with Gasteiger partial charge in [-0.2, -0.15) is 5.26 Å². The highest BCUT2D eigenvalue weighted by Crippen LogP contribution is 2.33. The Labute approximate surface area is 106 Å². The van der Waals surface area contributed by atoms with E-state index in [0.717, 1.165) is 18.4 Å². The molecule has 0 amide bonds. The van der Waals surface area contributed by atoms with E-state index in [9.17, 15) is 4.79 Å². The summed E-state index contributed by atoms with van der Waals surface area (Å²) in [7, 11) is 0. The first-order valence-electron chi connectivity index (χ1n) is 6.10. The third-order valence-electron chi connectivity index (χ3n) is 3.30. The van der Waals surface area contributed by atoms with Crippen LogP contribution in [0.1, 0.15) is 36.9 Å². The number of carboxylic acids is 1. The molecule has 0 aliphatic heterocycles. The van der Waals surface area contributed by atoms with Crippen LogP contribution in [0.25, 0.3) is 0 Å². The lowest BCUT2D eigenvalue weighted by Gasteiger charge is -2.20. The number of nitrogens with one attached hydrogen (secondary N) is 1. The molecular formula is C14H16N2O2. The van der Waals surface area contributed by atoms with Crippen LogP contribution in [0.3, 0.4) is 0 Å². The molecule has 94 valence electrons. The fourth-order valence-electron chi connectivity index (χ4n) is 2.08. The van der Waals surface area contributed by atoms with E-state index in [0.29, 0.717) is 5.56 Å². The molecule has 18 heavy (non-hydrogen) atoms. The average molecular weight is 244 g/mol. The number of benzene rings is 1. The van der Waals surface area contributed by atoms with Crippen molar-refractivity contribution in [1.29, 1.82) is 5.26 Å². The van der Waals surface area contributed by atoms with Gasteiger partial charge in [-0.1, -0.05) is 12.1 Å². The topological polar surface area (TPSA) is 73.1 Å². The number of rotatable bonds is 5. The molecule has 0 bridgehead atoms. The minimum Gasteiger partial charge on any atom is -0.480 e. The van der Waals surface area contributed by atoms with E-state index in [2.05, 4.69) is 11.4 Å². The van der Waals surface area contributed by atoms with Crippen LogP contribution < -0.4 is 5.32 Å². The lowest BCUT2D eigenvalue weighted by atomic mass is 10.0. The smallest absolute Gasteiger partial charge is 0.320 e. The van der Waals surface area contributed by atoms with Gasteiger partial charge in [0.15, 0.2) is 0 Å². The zero-order valence-electron chi connectivity index (χ0n) is 10.3. The summed E-state index contributed by atoms with van der Waals surface area (Å²) in [5.74, 6) is -0.537. The van der Waals surface area contributed by atoms with E-state index in [1.54, 1.807) is 12.1 Å². The van der Waals surface area contributed by atoms with E-state index in [1.165, 1.54) is 0 Å². The van der Waals surface area contributed by atoms with Gasteiger partial charge in [0.2, 0.25) is 0 Å². The summed E-state index contributed by atoms with van der Waals surface area (Å²) < 4.78 is 0. The summed E-state index contributed by atoms with van der Waals surface area (Å²) in [6.07, 6.45) is 1.96. The quantitative estimate of drug-likeness (QED) is 0.831. The zero-order valence-corrected chi connectivity index (χ0v) is 10.3. The molecule has 1 aliphatic rings. The Morgan fingerprint density at radius 2 is 2.28 bits per heavy atom. The molecule has 2 N–H and O–H groups in total. The van der Waals surface area contributed by atoms with Crippen molar-refractivity contribution in [3.8, 4) is 6.07 Å². The Morgan fingerprint density at radius 1 is 1.56 bits per heavy atom. The van der Waals surface area contributed by atoms with E-state index in [1.807, 2.05) is 19.1 Å². The SMILES string of the molecule is CC(NC(C(=O)O)C1CC1)c1cccc(C#N)c1. The van der Waals surface area contributed by atoms with E-state index < -0.39 is 12.0 Å². The van der Waals surface area contributed by atoms with Crippen LogP contribution in [0.2, 0.25) is 0 Å². The van der Waals surface area contributed by atoms with Crippen LogP contribution in [-0.4, -0.2) is 17.1 Å². The van der Waals surface area contributed by atoms with Crippen LogP contribution in [0.15, 0.2) is 24.3 Å². The van der Waals surface area contributed by atoms with E-state index in [-0.39, 0.29) is 12.0 Å². The number of hydrogen-bond donors (Lipinski definition) is 2. The monoisotopic (exact) mass is 244 g/mol. The van der Waals surface area contributed by atoms with Gasteiger partial charge in [-0.3, -0.25) is 10.1 Å². The molecule has 0 spiro atoms. The summed E-state index contributed by atoms with van der Waals surface area (Å²) in [4.78, 5) is 11.2. The second-order valence-electron chi connectivity index (χ2n) is 4.78. The number of carboxylic acid groups (broad SMARTS) is 1. The van der Waals surface area contributed by atoms with Crippen LogP contribution in [0.4, 0.5) is 0 Å². The van der Waals surface area contributed by atoms with Crippen molar-refractivity contribution >= 4 is 5.97 Å². The van der Waals surface area contributed by atoms with Gasteiger partial charge in [0.25, 0.3) is 0 Å². The van der Waals surface area contributed by atoms with Gasteiger partial charge >= 0.3 is 5.97 Å². The van der Waals surface area contributed by atoms with Gasteiger partial charge in [-0.05, 0) is 43.4 Å². The average Bonchev–Trinajstić information content (AvgIpc) is 3.19. The summed E-state index contributed by atoms with van der Waals surface area (Å²) in [5.41, 5.74) is 1.54. The van der Waals surface area contributed by atoms with Crippen LogP contribution in [0, 0.1) is 17.2 Å². The summed E-state index contributed by atoms with van der Waals surface area (Å²) in [5, 5.41) is 21.2. The molecule has 4 heteroatoms. The van der Waals surface area contributed by atoms with Crippen molar-refractivity contribution in [3.05, 3.63) is 35.4 Å². The second kappa shape index (κ2) is 5.19. The van der Waals surface area contributed by atoms with Gasteiger partial charge in [0.05, 0.1) is 11.6 Å². The number of aliphatic carboxylic acids is 1. The maximum Gasteiger partial charge on any atom is 0.320 e. The molecule has 4 nitrogen and oxygen atoms in total. The van der Waals surface area contributed by atoms with Gasteiger partial charge in [-0.15, -0.1) is 0 Å². The standard InChI is InChI=1S/C14H16N2O2/c1-9(12-4-2-3-10(7-12)8-15)16-13(14(17)18)11-5-6-11/h2-4,7,9,11,13,16H,5-6H2,1H3,(H,17,18). The molecule has 0 heterocycles. The number of nitrogens with zero attached hydrogens (tertiary/aromatic N) is 1. The Hall–Kier alpha value is -1.86. The molecule has 2 atom stereocenters. The first kappa shape index (κ1) is 12.6. The fourth-order valence-corrected chi connectivity index (χ4v) is 2.08. The van der Waals surface area contributed by atoms with Gasteiger partial charge in [-0.25, -0.2) is 0 Å². The molecule has 1 aromatic rings. The van der Waals surface area contributed by atoms with Crippen molar-refractivity contribution in [2.45, 2.75) is 31.8 Å². The highest BCUT2D eigenvalue weighted by molar-refractivity contribution is 5.74. The van der Waals surface area contributed by atoms with Crippen molar-refractivity contribution < 1.29 is 9.90 Å². The summed E-state index contributed by atoms with van der Waals surface area (Å²) in [6, 6.07) is 8.80. The molecule has 0 saturated heterocycles. The highest BCUT2D eigenvalue weighted by atomic mass is 16.4. The first-order chi connectivity index (χ1) is 8.61. The predicted octanol–water partition coefficient (Wildman–Crippen LogP) is 2.07. The largest absolute Gasteiger partial charge is 0.480 e. The molecule has 0 radical (unpaired) electrons. The molecule has 2 rings (SSSR count). The maximum absolute atomic E-state index is 11.2. The van der Waals surface area contributed by atoms with Gasteiger partial charge < -0.3 is 5.11 Å². The molecule has 1 saturated carbocycles. The van der Waals surface area contributed by atoms with Crippen molar-refractivity contribution in [3.63, 3.8) is 0 Å².